The SMILES string of the molecule is CCCCCCCCCCCCCCc1cccnc1. The molecule has 0 bridgehead atoms. The first-order chi connectivity index (χ1) is 9.93. The number of rotatable bonds is 13. The molecule has 0 N–H and O–H groups in total. The lowest BCUT2D eigenvalue weighted by atomic mass is 10.0. The summed E-state index contributed by atoms with van der Waals surface area (Å²) in [5.41, 5.74) is 1.39. The van der Waals surface area contributed by atoms with E-state index >= 15 is 0 Å². The summed E-state index contributed by atoms with van der Waals surface area (Å²) >= 11 is 0. The largest absolute Gasteiger partial charge is 0.264 e. The van der Waals surface area contributed by atoms with Gasteiger partial charge in [-0.3, -0.25) is 4.98 Å². The van der Waals surface area contributed by atoms with Crippen LogP contribution in [0.1, 0.15) is 89.5 Å². The normalized spacial score (nSPS) is 10.8. The molecule has 1 nitrogen and oxygen atoms in total. The van der Waals surface area contributed by atoms with Crippen molar-refractivity contribution in [1.82, 2.24) is 4.98 Å². The molecule has 20 heavy (non-hydrogen) atoms. The zero-order chi connectivity index (χ0) is 14.3. The summed E-state index contributed by atoms with van der Waals surface area (Å²) in [7, 11) is 0. The fourth-order valence-corrected chi connectivity index (χ4v) is 2.72. The highest BCUT2D eigenvalue weighted by Gasteiger charge is 1.95. The van der Waals surface area contributed by atoms with E-state index in [0.717, 1.165) is 0 Å². The number of unbranched alkanes of at least 4 members (excludes halogenated alkanes) is 11. The number of hydrogen-bond donors (Lipinski definition) is 0. The molecule has 1 rings (SSSR count). The molecule has 0 aliphatic rings. The third kappa shape index (κ3) is 10.00. The van der Waals surface area contributed by atoms with Crippen LogP contribution in [-0.4, -0.2) is 4.98 Å². The minimum Gasteiger partial charge on any atom is -0.264 e. The van der Waals surface area contributed by atoms with E-state index in [-0.39, 0.29) is 0 Å². The van der Waals surface area contributed by atoms with E-state index in [4.69, 9.17) is 0 Å². The Morgan fingerprint density at radius 3 is 1.80 bits per heavy atom. The molecule has 1 heteroatoms. The van der Waals surface area contributed by atoms with Gasteiger partial charge in [-0.2, -0.15) is 0 Å². The number of aromatic nitrogens is 1. The van der Waals surface area contributed by atoms with E-state index in [1.54, 1.807) is 0 Å². The minimum atomic E-state index is 1.20. The van der Waals surface area contributed by atoms with Crippen LogP contribution in [-0.2, 0) is 6.42 Å². The monoisotopic (exact) mass is 275 g/mol. The first kappa shape index (κ1) is 17.2. The lowest BCUT2D eigenvalue weighted by molar-refractivity contribution is 0.544. The molecular weight excluding hydrogens is 242 g/mol. The van der Waals surface area contributed by atoms with E-state index in [0.29, 0.717) is 0 Å². The van der Waals surface area contributed by atoms with Crippen molar-refractivity contribution in [2.75, 3.05) is 0 Å². The van der Waals surface area contributed by atoms with Gasteiger partial charge >= 0.3 is 0 Å². The molecular formula is C19H33N. The zero-order valence-electron chi connectivity index (χ0n) is 13.4. The van der Waals surface area contributed by atoms with Crippen molar-refractivity contribution in [3.8, 4) is 0 Å². The maximum absolute atomic E-state index is 4.16. The van der Waals surface area contributed by atoms with Crippen molar-refractivity contribution in [2.24, 2.45) is 0 Å². The van der Waals surface area contributed by atoms with Crippen molar-refractivity contribution in [1.29, 1.82) is 0 Å². The molecule has 0 atom stereocenters. The highest BCUT2D eigenvalue weighted by atomic mass is 14.6. The molecule has 0 saturated heterocycles. The molecule has 0 radical (unpaired) electrons. The smallest absolute Gasteiger partial charge is 0.0299 e. The highest BCUT2D eigenvalue weighted by molar-refractivity contribution is 5.08. The van der Waals surface area contributed by atoms with Crippen LogP contribution < -0.4 is 0 Å². The standard InChI is InChI=1S/C19H33N/c1-2-3-4-5-6-7-8-9-10-11-12-13-15-19-16-14-17-20-18-19/h14,16-18H,2-13,15H2,1H3. The Labute approximate surface area is 126 Å². The summed E-state index contributed by atoms with van der Waals surface area (Å²) in [4.78, 5) is 4.16. The van der Waals surface area contributed by atoms with E-state index in [2.05, 4.69) is 18.0 Å². The van der Waals surface area contributed by atoms with Gasteiger partial charge in [0, 0.05) is 12.4 Å². The second-order valence-electron chi connectivity index (χ2n) is 6.00. The van der Waals surface area contributed by atoms with Gasteiger partial charge < -0.3 is 0 Å². The minimum absolute atomic E-state index is 1.20. The van der Waals surface area contributed by atoms with Crippen LogP contribution in [0.15, 0.2) is 24.5 Å². The quantitative estimate of drug-likeness (QED) is 0.383. The van der Waals surface area contributed by atoms with Crippen molar-refractivity contribution in [3.05, 3.63) is 30.1 Å². The Morgan fingerprint density at radius 2 is 1.30 bits per heavy atom. The number of hydrogen-bond acceptors (Lipinski definition) is 1. The van der Waals surface area contributed by atoms with E-state index in [1.165, 1.54) is 89.0 Å². The topological polar surface area (TPSA) is 12.9 Å². The van der Waals surface area contributed by atoms with Gasteiger partial charge in [-0.25, -0.2) is 0 Å². The number of aryl methyl sites for hydroxylation is 1. The Morgan fingerprint density at radius 1 is 0.750 bits per heavy atom. The van der Waals surface area contributed by atoms with Crippen molar-refractivity contribution >= 4 is 0 Å². The molecule has 0 fully saturated rings. The van der Waals surface area contributed by atoms with Gasteiger partial charge in [0.15, 0.2) is 0 Å². The molecule has 0 aliphatic heterocycles. The predicted molar refractivity (Wildman–Crippen MR) is 89.0 cm³/mol. The Balaban J connectivity index is 1.77. The van der Waals surface area contributed by atoms with Crippen LogP contribution in [0.25, 0.3) is 0 Å². The summed E-state index contributed by atoms with van der Waals surface area (Å²) < 4.78 is 0. The van der Waals surface area contributed by atoms with Crippen LogP contribution >= 0.6 is 0 Å². The van der Waals surface area contributed by atoms with E-state index < -0.39 is 0 Å². The molecule has 0 saturated carbocycles. The summed E-state index contributed by atoms with van der Waals surface area (Å²) in [6, 6.07) is 4.22. The van der Waals surface area contributed by atoms with Gasteiger partial charge in [0.05, 0.1) is 0 Å². The van der Waals surface area contributed by atoms with Crippen LogP contribution in [0.5, 0.6) is 0 Å². The molecule has 0 amide bonds. The van der Waals surface area contributed by atoms with E-state index in [9.17, 15) is 0 Å². The highest BCUT2D eigenvalue weighted by Crippen LogP contribution is 2.12. The Bertz CT molecular complexity index is 294. The van der Waals surface area contributed by atoms with Crippen LogP contribution in [0, 0.1) is 0 Å². The third-order valence-corrected chi connectivity index (χ3v) is 4.04. The first-order valence-corrected chi connectivity index (χ1v) is 8.82. The lowest BCUT2D eigenvalue weighted by Gasteiger charge is -2.03. The van der Waals surface area contributed by atoms with E-state index in [1.807, 2.05) is 18.5 Å². The van der Waals surface area contributed by atoms with Crippen LogP contribution in [0.4, 0.5) is 0 Å². The number of pyridine rings is 1. The molecule has 0 spiro atoms. The summed E-state index contributed by atoms with van der Waals surface area (Å²) in [5.74, 6) is 0. The summed E-state index contributed by atoms with van der Waals surface area (Å²) in [6.45, 7) is 2.29. The van der Waals surface area contributed by atoms with Crippen LogP contribution in [0.3, 0.4) is 0 Å². The van der Waals surface area contributed by atoms with Crippen molar-refractivity contribution in [3.63, 3.8) is 0 Å². The average Bonchev–Trinajstić information content (AvgIpc) is 2.49. The first-order valence-electron chi connectivity index (χ1n) is 8.82. The van der Waals surface area contributed by atoms with Gasteiger partial charge in [0.25, 0.3) is 0 Å². The van der Waals surface area contributed by atoms with Gasteiger partial charge in [-0.1, -0.05) is 83.6 Å². The maximum Gasteiger partial charge on any atom is 0.0299 e. The van der Waals surface area contributed by atoms with Gasteiger partial charge in [-0.15, -0.1) is 0 Å². The molecule has 0 aliphatic carbocycles. The fourth-order valence-electron chi connectivity index (χ4n) is 2.72. The van der Waals surface area contributed by atoms with Gasteiger partial charge in [-0.05, 0) is 24.5 Å². The molecule has 1 aromatic rings. The van der Waals surface area contributed by atoms with Gasteiger partial charge in [0.2, 0.25) is 0 Å². The second kappa shape index (κ2) is 13.1. The lowest BCUT2D eigenvalue weighted by Crippen LogP contribution is -1.87. The second-order valence-corrected chi connectivity index (χ2v) is 6.00. The predicted octanol–water partition coefficient (Wildman–Crippen LogP) is 6.33. The third-order valence-electron chi connectivity index (χ3n) is 4.04. The molecule has 1 aromatic heterocycles. The Kier molecular flexibility index (Phi) is 11.3. The van der Waals surface area contributed by atoms with Crippen molar-refractivity contribution < 1.29 is 0 Å². The summed E-state index contributed by atoms with van der Waals surface area (Å²) in [6.07, 6.45) is 22.1. The zero-order valence-corrected chi connectivity index (χ0v) is 13.4. The average molecular weight is 275 g/mol. The summed E-state index contributed by atoms with van der Waals surface area (Å²) in [5, 5.41) is 0. The van der Waals surface area contributed by atoms with Crippen LogP contribution in [0.2, 0.25) is 0 Å². The maximum atomic E-state index is 4.16. The van der Waals surface area contributed by atoms with Crippen molar-refractivity contribution in [2.45, 2.75) is 90.4 Å². The number of nitrogens with zero attached hydrogens (tertiary/aromatic N) is 1. The molecule has 114 valence electrons. The Hall–Kier alpha value is -0.850. The molecule has 0 unspecified atom stereocenters. The molecule has 0 aromatic carbocycles. The molecule has 1 heterocycles. The van der Waals surface area contributed by atoms with Gasteiger partial charge in [0.1, 0.15) is 0 Å². The fraction of sp³-hybridized carbons (Fsp3) is 0.737.